The van der Waals surface area contributed by atoms with Gasteiger partial charge >= 0.3 is 5.97 Å². The molecule has 0 spiro atoms. The Kier molecular flexibility index (Phi) is 11.0. The van der Waals surface area contributed by atoms with Crippen LogP contribution in [-0.4, -0.2) is 11.1 Å². The number of esters is 1. The highest BCUT2D eigenvalue weighted by Gasteiger charge is 2.06. The van der Waals surface area contributed by atoms with Crippen molar-refractivity contribution in [3.8, 4) is 11.5 Å². The van der Waals surface area contributed by atoms with Crippen molar-refractivity contribution in [3.63, 3.8) is 0 Å². The van der Waals surface area contributed by atoms with Crippen molar-refractivity contribution < 1.29 is 14.6 Å². The first-order valence-corrected chi connectivity index (χ1v) is 9.63. The summed E-state index contributed by atoms with van der Waals surface area (Å²) >= 11 is 0. The highest BCUT2D eigenvalue weighted by Crippen LogP contribution is 2.22. The maximum absolute atomic E-state index is 11.8. The minimum atomic E-state index is -0.184. The molecule has 0 aliphatic rings. The maximum atomic E-state index is 11.8. The average molecular weight is 334 g/mol. The van der Waals surface area contributed by atoms with Gasteiger partial charge in [-0.25, -0.2) is 0 Å². The monoisotopic (exact) mass is 334 g/mol. The summed E-state index contributed by atoms with van der Waals surface area (Å²) in [7, 11) is 0. The van der Waals surface area contributed by atoms with Crippen LogP contribution in [0.25, 0.3) is 0 Å². The second-order valence-corrected chi connectivity index (χ2v) is 6.71. The number of hydrogen-bond donors (Lipinski definition) is 1. The molecule has 0 aliphatic carbocycles. The molecule has 0 saturated carbocycles. The second-order valence-electron chi connectivity index (χ2n) is 6.71. The lowest BCUT2D eigenvalue weighted by Crippen LogP contribution is -2.07. The molecule has 0 fully saturated rings. The van der Waals surface area contributed by atoms with E-state index in [1.165, 1.54) is 57.8 Å². The number of ether oxygens (including phenoxy) is 1. The van der Waals surface area contributed by atoms with Crippen LogP contribution in [0.1, 0.15) is 89.5 Å². The molecule has 0 aromatic heterocycles. The van der Waals surface area contributed by atoms with Gasteiger partial charge in [0.05, 0.1) is 0 Å². The van der Waals surface area contributed by atoms with Crippen LogP contribution in [0.5, 0.6) is 11.5 Å². The molecule has 136 valence electrons. The van der Waals surface area contributed by atoms with Gasteiger partial charge in [0.1, 0.15) is 11.5 Å². The lowest BCUT2D eigenvalue weighted by atomic mass is 10.1. The number of unbranched alkanes of at least 4 members (excludes halogenated alkanes) is 10. The highest BCUT2D eigenvalue weighted by atomic mass is 16.5. The van der Waals surface area contributed by atoms with Gasteiger partial charge in [-0.05, 0) is 37.1 Å². The van der Waals surface area contributed by atoms with Crippen molar-refractivity contribution in [3.05, 3.63) is 23.8 Å². The van der Waals surface area contributed by atoms with Crippen LogP contribution in [0.3, 0.4) is 0 Å². The third kappa shape index (κ3) is 9.59. The first-order valence-electron chi connectivity index (χ1n) is 9.63. The van der Waals surface area contributed by atoms with Crippen molar-refractivity contribution in [2.24, 2.45) is 0 Å². The first kappa shape index (κ1) is 20.5. The van der Waals surface area contributed by atoms with Gasteiger partial charge in [0, 0.05) is 6.42 Å². The number of rotatable bonds is 13. The number of aromatic hydroxyl groups is 1. The molecule has 0 atom stereocenters. The fourth-order valence-corrected chi connectivity index (χ4v) is 2.81. The number of phenols is 1. The summed E-state index contributed by atoms with van der Waals surface area (Å²) in [6.07, 6.45) is 14.5. The minimum absolute atomic E-state index is 0.184. The van der Waals surface area contributed by atoms with E-state index in [2.05, 4.69) is 6.92 Å². The summed E-state index contributed by atoms with van der Waals surface area (Å²) < 4.78 is 5.29. The fraction of sp³-hybridized carbons (Fsp3) is 0.667. The Morgan fingerprint density at radius 2 is 1.46 bits per heavy atom. The molecule has 1 aromatic rings. The van der Waals surface area contributed by atoms with Crippen molar-refractivity contribution in [1.29, 1.82) is 0 Å². The summed E-state index contributed by atoms with van der Waals surface area (Å²) in [6.45, 7) is 4.04. The fourth-order valence-electron chi connectivity index (χ4n) is 2.81. The van der Waals surface area contributed by atoms with Gasteiger partial charge in [-0.3, -0.25) is 4.79 Å². The standard InChI is InChI=1S/C21H34O3/c1-3-4-5-6-7-8-9-10-11-12-13-14-21(23)24-19-15-16-20(22)18(2)17-19/h15-17,22H,3-14H2,1-2H3. The predicted octanol–water partition coefficient (Wildman–Crippen LogP) is 6.31. The molecule has 3 nitrogen and oxygen atoms in total. The minimum Gasteiger partial charge on any atom is -0.508 e. The van der Waals surface area contributed by atoms with E-state index in [1.807, 2.05) is 0 Å². The van der Waals surface area contributed by atoms with Gasteiger partial charge in [-0.1, -0.05) is 71.1 Å². The van der Waals surface area contributed by atoms with Crippen LogP contribution in [0.15, 0.2) is 18.2 Å². The van der Waals surface area contributed by atoms with Gasteiger partial charge < -0.3 is 9.84 Å². The molecule has 0 unspecified atom stereocenters. The Morgan fingerprint density at radius 1 is 0.917 bits per heavy atom. The van der Waals surface area contributed by atoms with Gasteiger partial charge in [-0.15, -0.1) is 0 Å². The van der Waals surface area contributed by atoms with E-state index in [1.54, 1.807) is 25.1 Å². The lowest BCUT2D eigenvalue weighted by molar-refractivity contribution is -0.134. The van der Waals surface area contributed by atoms with Crippen molar-refractivity contribution in [2.75, 3.05) is 0 Å². The van der Waals surface area contributed by atoms with E-state index in [4.69, 9.17) is 4.74 Å². The third-order valence-corrected chi connectivity index (χ3v) is 4.38. The second kappa shape index (κ2) is 12.9. The van der Waals surface area contributed by atoms with Gasteiger partial charge in [0.25, 0.3) is 0 Å². The molecule has 0 bridgehead atoms. The SMILES string of the molecule is CCCCCCCCCCCCCC(=O)Oc1ccc(O)c(C)c1. The summed E-state index contributed by atoms with van der Waals surface area (Å²) in [5, 5.41) is 9.45. The van der Waals surface area contributed by atoms with Gasteiger partial charge in [-0.2, -0.15) is 0 Å². The molecule has 1 N–H and O–H groups in total. The lowest BCUT2D eigenvalue weighted by Gasteiger charge is -2.06. The summed E-state index contributed by atoms with van der Waals surface area (Å²) in [6, 6.07) is 4.87. The van der Waals surface area contributed by atoms with Gasteiger partial charge in [0.15, 0.2) is 0 Å². The van der Waals surface area contributed by atoms with E-state index in [-0.39, 0.29) is 11.7 Å². The summed E-state index contributed by atoms with van der Waals surface area (Å²) in [4.78, 5) is 11.8. The Balaban J connectivity index is 1.97. The van der Waals surface area contributed by atoms with Crippen LogP contribution in [0.4, 0.5) is 0 Å². The van der Waals surface area contributed by atoms with Crippen molar-refractivity contribution in [2.45, 2.75) is 90.9 Å². The van der Waals surface area contributed by atoms with Crippen LogP contribution in [0.2, 0.25) is 0 Å². The highest BCUT2D eigenvalue weighted by molar-refractivity contribution is 5.72. The smallest absolute Gasteiger partial charge is 0.311 e. The van der Waals surface area contributed by atoms with E-state index < -0.39 is 0 Å². The molecule has 0 radical (unpaired) electrons. The predicted molar refractivity (Wildman–Crippen MR) is 99.6 cm³/mol. The summed E-state index contributed by atoms with van der Waals surface area (Å²) in [5.41, 5.74) is 0.718. The molecular formula is C21H34O3. The molecule has 24 heavy (non-hydrogen) atoms. The number of benzene rings is 1. The number of aryl methyl sites for hydroxylation is 1. The number of hydrogen-bond acceptors (Lipinski definition) is 3. The normalized spacial score (nSPS) is 10.8. The molecule has 1 rings (SSSR count). The molecule has 0 aliphatic heterocycles. The molecule has 3 heteroatoms. The molecule has 1 aromatic carbocycles. The number of carbonyl (C=O) groups excluding carboxylic acids is 1. The Labute approximate surface area is 147 Å². The van der Waals surface area contributed by atoms with Crippen molar-refractivity contribution >= 4 is 5.97 Å². The number of carbonyl (C=O) groups is 1. The van der Waals surface area contributed by atoms with E-state index in [0.29, 0.717) is 12.2 Å². The zero-order valence-electron chi connectivity index (χ0n) is 15.5. The molecule has 0 heterocycles. The third-order valence-electron chi connectivity index (χ3n) is 4.38. The maximum Gasteiger partial charge on any atom is 0.311 e. The largest absolute Gasteiger partial charge is 0.508 e. The molecule has 0 amide bonds. The van der Waals surface area contributed by atoms with E-state index in [9.17, 15) is 9.90 Å². The zero-order chi connectivity index (χ0) is 17.6. The quantitative estimate of drug-likeness (QED) is 0.261. The average Bonchev–Trinajstić information content (AvgIpc) is 2.56. The van der Waals surface area contributed by atoms with Crippen LogP contribution in [-0.2, 0) is 4.79 Å². The van der Waals surface area contributed by atoms with Crippen LogP contribution < -0.4 is 4.74 Å². The van der Waals surface area contributed by atoms with Crippen LogP contribution in [0, 0.1) is 6.92 Å². The Morgan fingerprint density at radius 3 is 2.00 bits per heavy atom. The zero-order valence-corrected chi connectivity index (χ0v) is 15.5. The summed E-state index contributed by atoms with van der Waals surface area (Å²) in [5.74, 6) is 0.551. The van der Waals surface area contributed by atoms with Gasteiger partial charge in [0.2, 0.25) is 0 Å². The number of phenolic OH excluding ortho intramolecular Hbond substituents is 1. The topological polar surface area (TPSA) is 46.5 Å². The first-order chi connectivity index (χ1) is 11.6. The van der Waals surface area contributed by atoms with E-state index in [0.717, 1.165) is 18.4 Å². The van der Waals surface area contributed by atoms with E-state index >= 15 is 0 Å². The van der Waals surface area contributed by atoms with Crippen molar-refractivity contribution in [1.82, 2.24) is 0 Å². The Bertz CT molecular complexity index is 468. The Hall–Kier alpha value is -1.51. The molecule has 0 saturated heterocycles. The molecular weight excluding hydrogens is 300 g/mol. The van der Waals surface area contributed by atoms with Crippen LogP contribution >= 0.6 is 0 Å².